The molecule has 2 rings (SSSR count). The molecular weight excluding hydrogens is 244 g/mol. The van der Waals surface area contributed by atoms with Gasteiger partial charge in [-0.15, -0.1) is 0 Å². The maximum absolute atomic E-state index is 11.4. The van der Waals surface area contributed by atoms with Crippen LogP contribution in [0.5, 0.6) is 0 Å². The van der Waals surface area contributed by atoms with Crippen molar-refractivity contribution in [3.8, 4) is 0 Å². The Morgan fingerprint density at radius 3 is 2.37 bits per heavy atom. The number of carbonyl (C=O) groups excluding carboxylic acids is 1. The molecule has 0 saturated heterocycles. The third-order valence-corrected chi connectivity index (χ3v) is 4.58. The zero-order valence-corrected chi connectivity index (χ0v) is 11.9. The molecule has 1 N–H and O–H groups in total. The van der Waals surface area contributed by atoms with E-state index in [1.807, 2.05) is 0 Å². The lowest BCUT2D eigenvalue weighted by Crippen LogP contribution is -2.39. The molecule has 0 aromatic carbocycles. The molecule has 2 aliphatic rings. The van der Waals surface area contributed by atoms with Crippen LogP contribution in [0.2, 0.25) is 0 Å². The van der Waals surface area contributed by atoms with E-state index >= 15 is 0 Å². The lowest BCUT2D eigenvalue weighted by molar-refractivity contribution is -0.148. The van der Waals surface area contributed by atoms with E-state index in [9.17, 15) is 9.90 Å². The Kier molecular flexibility index (Phi) is 5.22. The second-order valence-electron chi connectivity index (χ2n) is 6.09. The van der Waals surface area contributed by atoms with E-state index in [0.717, 1.165) is 51.4 Å². The van der Waals surface area contributed by atoms with Crippen LogP contribution in [0.4, 0.5) is 0 Å². The molecule has 0 heterocycles. The standard InChI is InChI=1S/C15H26O4/c1-18-14(16)12-5-7-13(8-6-12)19-11-15(17)9-3-2-4-10-15/h12-13,17H,2-11H2,1H3. The average Bonchev–Trinajstić information content (AvgIpc) is 2.46. The van der Waals surface area contributed by atoms with Gasteiger partial charge in [0.1, 0.15) is 0 Å². The molecule has 4 heteroatoms. The third-order valence-electron chi connectivity index (χ3n) is 4.58. The van der Waals surface area contributed by atoms with Crippen LogP contribution >= 0.6 is 0 Å². The molecule has 0 atom stereocenters. The maximum Gasteiger partial charge on any atom is 0.308 e. The van der Waals surface area contributed by atoms with Crippen LogP contribution in [0.3, 0.4) is 0 Å². The first kappa shape index (κ1) is 14.8. The summed E-state index contributed by atoms with van der Waals surface area (Å²) in [6.07, 6.45) is 8.86. The molecular formula is C15H26O4. The van der Waals surface area contributed by atoms with Crippen LogP contribution < -0.4 is 0 Å². The Balaban J connectivity index is 1.69. The average molecular weight is 270 g/mol. The van der Waals surface area contributed by atoms with E-state index in [4.69, 9.17) is 9.47 Å². The van der Waals surface area contributed by atoms with E-state index in [1.165, 1.54) is 13.5 Å². The molecule has 0 aliphatic heterocycles. The molecule has 0 bridgehead atoms. The van der Waals surface area contributed by atoms with E-state index in [2.05, 4.69) is 0 Å². The van der Waals surface area contributed by atoms with Crippen molar-refractivity contribution in [2.45, 2.75) is 69.5 Å². The minimum Gasteiger partial charge on any atom is -0.469 e. The normalized spacial score (nSPS) is 30.8. The third kappa shape index (κ3) is 4.18. The van der Waals surface area contributed by atoms with Crippen molar-refractivity contribution in [2.24, 2.45) is 5.92 Å². The van der Waals surface area contributed by atoms with E-state index in [-0.39, 0.29) is 18.0 Å². The molecule has 4 nitrogen and oxygen atoms in total. The maximum atomic E-state index is 11.4. The number of rotatable bonds is 4. The summed E-state index contributed by atoms with van der Waals surface area (Å²) in [6, 6.07) is 0. The topological polar surface area (TPSA) is 55.8 Å². The number of esters is 1. The first-order chi connectivity index (χ1) is 9.13. The van der Waals surface area contributed by atoms with Crippen LogP contribution in [0.1, 0.15) is 57.8 Å². The van der Waals surface area contributed by atoms with Crippen LogP contribution in [-0.4, -0.2) is 36.5 Å². The van der Waals surface area contributed by atoms with Gasteiger partial charge in [-0.25, -0.2) is 0 Å². The summed E-state index contributed by atoms with van der Waals surface area (Å²) in [5, 5.41) is 10.4. The highest BCUT2D eigenvalue weighted by Gasteiger charge is 2.32. The van der Waals surface area contributed by atoms with Crippen molar-refractivity contribution in [1.82, 2.24) is 0 Å². The van der Waals surface area contributed by atoms with Crippen LogP contribution in [0.15, 0.2) is 0 Å². The number of hydrogen-bond donors (Lipinski definition) is 1. The number of aliphatic hydroxyl groups is 1. The fourth-order valence-electron chi connectivity index (χ4n) is 3.26. The number of hydrogen-bond acceptors (Lipinski definition) is 4. The molecule has 0 spiro atoms. The van der Waals surface area contributed by atoms with Gasteiger partial charge in [-0.05, 0) is 38.5 Å². The predicted molar refractivity (Wildman–Crippen MR) is 71.7 cm³/mol. The Hall–Kier alpha value is -0.610. The Morgan fingerprint density at radius 1 is 1.16 bits per heavy atom. The van der Waals surface area contributed by atoms with E-state index < -0.39 is 5.60 Å². The quantitative estimate of drug-likeness (QED) is 0.797. The highest BCUT2D eigenvalue weighted by molar-refractivity contribution is 5.72. The Bertz CT molecular complexity index is 289. The minimum absolute atomic E-state index is 0.0441. The Morgan fingerprint density at radius 2 is 1.79 bits per heavy atom. The summed E-state index contributed by atoms with van der Waals surface area (Å²) in [6.45, 7) is 0.459. The number of ether oxygens (including phenoxy) is 2. The molecule has 2 saturated carbocycles. The van der Waals surface area contributed by atoms with Gasteiger partial charge < -0.3 is 14.6 Å². The smallest absolute Gasteiger partial charge is 0.308 e. The largest absolute Gasteiger partial charge is 0.469 e. The summed E-state index contributed by atoms with van der Waals surface area (Å²) in [5.41, 5.74) is -0.600. The first-order valence-corrected chi connectivity index (χ1v) is 7.55. The monoisotopic (exact) mass is 270 g/mol. The molecule has 2 fully saturated rings. The van der Waals surface area contributed by atoms with Gasteiger partial charge in [0.15, 0.2) is 0 Å². The van der Waals surface area contributed by atoms with Crippen molar-refractivity contribution >= 4 is 5.97 Å². The van der Waals surface area contributed by atoms with Crippen LogP contribution in [-0.2, 0) is 14.3 Å². The zero-order chi connectivity index (χ0) is 13.7. The lowest BCUT2D eigenvalue weighted by atomic mass is 9.85. The van der Waals surface area contributed by atoms with Crippen molar-refractivity contribution in [3.05, 3.63) is 0 Å². The van der Waals surface area contributed by atoms with Gasteiger partial charge >= 0.3 is 5.97 Å². The lowest BCUT2D eigenvalue weighted by Gasteiger charge is -2.34. The molecule has 0 unspecified atom stereocenters. The number of methoxy groups -OCH3 is 1. The minimum atomic E-state index is -0.600. The summed E-state index contributed by atoms with van der Waals surface area (Å²) in [5.74, 6) is -0.0491. The first-order valence-electron chi connectivity index (χ1n) is 7.55. The fourth-order valence-corrected chi connectivity index (χ4v) is 3.26. The van der Waals surface area contributed by atoms with Crippen LogP contribution in [0.25, 0.3) is 0 Å². The predicted octanol–water partition coefficient (Wildman–Crippen LogP) is 2.43. The molecule has 0 amide bonds. The molecule has 0 aromatic heterocycles. The summed E-state index contributed by atoms with van der Waals surface area (Å²) < 4.78 is 10.7. The highest BCUT2D eigenvalue weighted by atomic mass is 16.5. The van der Waals surface area contributed by atoms with E-state index in [1.54, 1.807) is 0 Å². The van der Waals surface area contributed by atoms with Gasteiger partial charge in [0, 0.05) is 0 Å². The second kappa shape index (κ2) is 6.71. The van der Waals surface area contributed by atoms with Crippen LogP contribution in [0, 0.1) is 5.92 Å². The summed E-state index contributed by atoms with van der Waals surface area (Å²) >= 11 is 0. The summed E-state index contributed by atoms with van der Waals surface area (Å²) in [7, 11) is 1.45. The van der Waals surface area contributed by atoms with Crippen molar-refractivity contribution in [2.75, 3.05) is 13.7 Å². The molecule has 0 radical (unpaired) electrons. The van der Waals surface area contributed by atoms with Gasteiger partial charge in [-0.3, -0.25) is 4.79 Å². The fraction of sp³-hybridized carbons (Fsp3) is 0.933. The van der Waals surface area contributed by atoms with Gasteiger partial charge in [-0.2, -0.15) is 0 Å². The zero-order valence-electron chi connectivity index (χ0n) is 11.9. The van der Waals surface area contributed by atoms with Gasteiger partial charge in [0.25, 0.3) is 0 Å². The Labute approximate surface area is 115 Å². The second-order valence-corrected chi connectivity index (χ2v) is 6.09. The van der Waals surface area contributed by atoms with Crippen molar-refractivity contribution < 1.29 is 19.4 Å². The highest BCUT2D eigenvalue weighted by Crippen LogP contribution is 2.31. The number of carbonyl (C=O) groups is 1. The summed E-state index contributed by atoms with van der Waals surface area (Å²) in [4.78, 5) is 11.4. The van der Waals surface area contributed by atoms with Crippen molar-refractivity contribution in [3.63, 3.8) is 0 Å². The van der Waals surface area contributed by atoms with Crippen molar-refractivity contribution in [1.29, 1.82) is 0 Å². The van der Waals surface area contributed by atoms with Gasteiger partial charge in [0.05, 0.1) is 31.3 Å². The molecule has 0 aromatic rings. The molecule has 110 valence electrons. The van der Waals surface area contributed by atoms with Gasteiger partial charge in [-0.1, -0.05) is 19.3 Å². The molecule has 19 heavy (non-hydrogen) atoms. The van der Waals surface area contributed by atoms with E-state index in [0.29, 0.717) is 6.61 Å². The van der Waals surface area contributed by atoms with Gasteiger partial charge in [0.2, 0.25) is 0 Å². The molecule has 2 aliphatic carbocycles. The SMILES string of the molecule is COC(=O)C1CCC(OCC2(O)CCCCC2)CC1.